The monoisotopic (exact) mass is 590 g/mol. The Kier molecular flexibility index (Phi) is 9.05. The van der Waals surface area contributed by atoms with Crippen molar-refractivity contribution in [1.29, 1.82) is 0 Å². The molecule has 1 saturated heterocycles. The Hall–Kier alpha value is -3.21. The number of benzene rings is 4. The molecule has 4 N–H and O–H groups in total. The standard InChI is InChI=1S/C34H38O7S/c35-22-30-31(36)32(37)33(38)34(41-30,21-26-13-5-1-6-14-26)42(39,24-28-17-9-3-10-18-28,25-29-19-11-4-12-20-29)40-23-27-15-7-2-8-16-27/h1-20,30-33,35-38H,21-25H2/t30-,31-,32+,33-,34?/m1/s1. The van der Waals surface area contributed by atoms with Crippen molar-refractivity contribution in [3.63, 3.8) is 0 Å². The van der Waals surface area contributed by atoms with Crippen molar-refractivity contribution in [3.8, 4) is 0 Å². The number of hydrogen-bond donors (Lipinski definition) is 4. The van der Waals surface area contributed by atoms with Crippen LogP contribution in [0.5, 0.6) is 0 Å². The van der Waals surface area contributed by atoms with Gasteiger partial charge in [0.25, 0.3) is 0 Å². The Morgan fingerprint density at radius 3 is 1.52 bits per heavy atom. The first kappa shape index (κ1) is 30.3. The largest absolute Gasteiger partial charge is 0.394 e. The number of rotatable bonds is 11. The summed E-state index contributed by atoms with van der Waals surface area (Å²) in [4.78, 5) is -2.08. The maximum Gasteiger partial charge on any atom is 0.187 e. The lowest BCUT2D eigenvalue weighted by molar-refractivity contribution is -0.247. The molecule has 7 nitrogen and oxygen atoms in total. The third kappa shape index (κ3) is 5.85. The molecule has 0 aliphatic carbocycles. The van der Waals surface area contributed by atoms with Gasteiger partial charge in [-0.15, -0.1) is 9.35 Å². The molecule has 0 spiro atoms. The lowest BCUT2D eigenvalue weighted by Crippen LogP contribution is -2.75. The van der Waals surface area contributed by atoms with E-state index < -0.39 is 45.3 Å². The lowest BCUT2D eigenvalue weighted by Gasteiger charge is -2.64. The van der Waals surface area contributed by atoms with E-state index in [0.717, 1.165) is 5.56 Å². The molecule has 0 bridgehead atoms. The van der Waals surface area contributed by atoms with Crippen molar-refractivity contribution in [2.24, 2.45) is 0 Å². The van der Waals surface area contributed by atoms with Crippen LogP contribution in [-0.2, 0) is 42.8 Å². The summed E-state index contributed by atoms with van der Waals surface area (Å²) in [6, 6.07) is 36.9. The minimum Gasteiger partial charge on any atom is -0.394 e. The van der Waals surface area contributed by atoms with E-state index in [1.54, 1.807) is 0 Å². The first-order chi connectivity index (χ1) is 20.3. The number of hydrogen-bond acceptors (Lipinski definition) is 7. The van der Waals surface area contributed by atoms with E-state index in [1.165, 1.54) is 0 Å². The minimum atomic E-state index is -4.85. The predicted octanol–water partition coefficient (Wildman–Crippen LogP) is 3.75. The van der Waals surface area contributed by atoms with Gasteiger partial charge >= 0.3 is 0 Å². The summed E-state index contributed by atoms with van der Waals surface area (Å²) in [6.07, 6.45) is -6.66. The van der Waals surface area contributed by atoms with Crippen LogP contribution in [0.3, 0.4) is 0 Å². The maximum absolute atomic E-state index is 16.7. The highest BCUT2D eigenvalue weighted by Crippen LogP contribution is 2.55. The molecular weight excluding hydrogens is 552 g/mol. The first-order valence-electron chi connectivity index (χ1n) is 14.0. The summed E-state index contributed by atoms with van der Waals surface area (Å²) in [5.41, 5.74) is 2.81. The van der Waals surface area contributed by atoms with Crippen LogP contribution in [0.25, 0.3) is 0 Å². The molecule has 1 aliphatic heterocycles. The van der Waals surface area contributed by atoms with Gasteiger partial charge in [-0.1, -0.05) is 121 Å². The molecule has 5 rings (SSSR count). The van der Waals surface area contributed by atoms with Crippen LogP contribution in [0.4, 0.5) is 0 Å². The minimum absolute atomic E-state index is 0.0685. The van der Waals surface area contributed by atoms with Crippen molar-refractivity contribution in [3.05, 3.63) is 144 Å². The zero-order valence-electron chi connectivity index (χ0n) is 23.3. The molecule has 5 atom stereocenters. The van der Waals surface area contributed by atoms with E-state index in [1.807, 2.05) is 121 Å². The summed E-state index contributed by atoms with van der Waals surface area (Å²) in [5, 5.41) is 44.4. The quantitative estimate of drug-likeness (QED) is 0.210. The van der Waals surface area contributed by atoms with Crippen molar-refractivity contribution in [2.75, 3.05) is 6.61 Å². The van der Waals surface area contributed by atoms with Crippen LogP contribution >= 0.6 is 0 Å². The molecule has 0 radical (unpaired) electrons. The van der Waals surface area contributed by atoms with E-state index in [9.17, 15) is 20.4 Å². The molecule has 4 aromatic rings. The summed E-state index contributed by atoms with van der Waals surface area (Å²) in [6.45, 7) is -0.735. The second kappa shape index (κ2) is 12.6. The fourth-order valence-electron chi connectivity index (χ4n) is 5.85. The SMILES string of the molecule is O=S(Cc1ccccc1)(Cc1ccccc1)(OCc1ccccc1)C1(Cc2ccccc2)O[C@H](CO)[C@@H](O)[C@H](O)[C@H]1O. The van der Waals surface area contributed by atoms with Crippen LogP contribution in [0.15, 0.2) is 121 Å². The molecule has 1 aliphatic rings. The van der Waals surface area contributed by atoms with Crippen molar-refractivity contribution >= 4 is 9.35 Å². The van der Waals surface area contributed by atoms with Crippen LogP contribution in [0.1, 0.15) is 22.3 Å². The van der Waals surface area contributed by atoms with Gasteiger partial charge in [-0.3, -0.25) is 4.18 Å². The molecule has 4 aromatic carbocycles. The van der Waals surface area contributed by atoms with E-state index in [2.05, 4.69) is 0 Å². The summed E-state index contributed by atoms with van der Waals surface area (Å²) >= 11 is 0. The van der Waals surface area contributed by atoms with Gasteiger partial charge in [0.2, 0.25) is 0 Å². The Bertz CT molecular complexity index is 1440. The Morgan fingerprint density at radius 1 is 0.643 bits per heavy atom. The second-order valence-electron chi connectivity index (χ2n) is 10.9. The Balaban J connectivity index is 1.80. The van der Waals surface area contributed by atoms with Crippen LogP contribution in [-0.4, -0.2) is 60.6 Å². The fraction of sp³-hybridized carbons (Fsp3) is 0.294. The highest BCUT2D eigenvalue weighted by molar-refractivity contribution is 8.15. The van der Waals surface area contributed by atoms with Crippen LogP contribution in [0.2, 0.25) is 0 Å². The zero-order chi connectivity index (χ0) is 29.7. The summed E-state index contributed by atoms with van der Waals surface area (Å²) in [5.74, 6) is -0.296. The summed E-state index contributed by atoms with van der Waals surface area (Å²) < 4.78 is 30.0. The topological polar surface area (TPSA) is 116 Å². The molecule has 8 heteroatoms. The molecule has 222 valence electrons. The lowest BCUT2D eigenvalue weighted by atomic mass is 9.91. The average Bonchev–Trinajstić information content (AvgIpc) is 3.02. The van der Waals surface area contributed by atoms with Crippen LogP contribution < -0.4 is 0 Å². The molecule has 0 saturated carbocycles. The zero-order valence-corrected chi connectivity index (χ0v) is 24.1. The van der Waals surface area contributed by atoms with Crippen molar-refractivity contribution < 1.29 is 33.6 Å². The van der Waals surface area contributed by atoms with Gasteiger partial charge in [0.1, 0.15) is 24.4 Å². The molecule has 1 unspecified atom stereocenters. The van der Waals surface area contributed by atoms with Gasteiger partial charge in [0, 0.05) is 6.42 Å². The Morgan fingerprint density at radius 2 is 1.07 bits per heavy atom. The van der Waals surface area contributed by atoms with E-state index in [-0.39, 0.29) is 24.5 Å². The Labute approximate surface area is 246 Å². The third-order valence-electron chi connectivity index (χ3n) is 8.05. The molecule has 42 heavy (non-hydrogen) atoms. The fourth-order valence-corrected chi connectivity index (χ4v) is 10.5. The molecule has 0 amide bonds. The summed E-state index contributed by atoms with van der Waals surface area (Å²) in [7, 11) is -4.85. The second-order valence-corrected chi connectivity index (χ2v) is 14.8. The highest BCUT2D eigenvalue weighted by Gasteiger charge is 2.65. The van der Waals surface area contributed by atoms with E-state index in [0.29, 0.717) is 16.7 Å². The third-order valence-corrected chi connectivity index (χ3v) is 12.6. The molecule has 1 fully saturated rings. The molecular formula is C34H38O7S. The van der Waals surface area contributed by atoms with Gasteiger partial charge in [0.15, 0.2) is 4.93 Å². The number of aliphatic hydroxyl groups is 4. The maximum atomic E-state index is 16.7. The van der Waals surface area contributed by atoms with Crippen molar-refractivity contribution in [1.82, 2.24) is 0 Å². The van der Waals surface area contributed by atoms with Gasteiger partial charge in [0.05, 0.1) is 24.7 Å². The first-order valence-corrected chi connectivity index (χ1v) is 16.3. The van der Waals surface area contributed by atoms with Crippen LogP contribution in [0, 0.1) is 0 Å². The predicted molar refractivity (Wildman–Crippen MR) is 163 cm³/mol. The smallest absolute Gasteiger partial charge is 0.187 e. The number of ether oxygens (including phenoxy) is 1. The van der Waals surface area contributed by atoms with Gasteiger partial charge in [-0.25, -0.2) is 4.21 Å². The van der Waals surface area contributed by atoms with Gasteiger partial charge < -0.3 is 25.2 Å². The highest BCUT2D eigenvalue weighted by atomic mass is 32.3. The van der Waals surface area contributed by atoms with Gasteiger partial charge in [-0.2, -0.15) is 0 Å². The van der Waals surface area contributed by atoms with Crippen molar-refractivity contribution in [2.45, 2.75) is 53.9 Å². The molecule has 0 aromatic heterocycles. The van der Waals surface area contributed by atoms with E-state index >= 15 is 4.21 Å². The number of aliphatic hydroxyl groups excluding tert-OH is 4. The normalized spacial score (nSPS) is 25.4. The van der Waals surface area contributed by atoms with Gasteiger partial charge in [-0.05, 0) is 22.3 Å². The van der Waals surface area contributed by atoms with E-state index in [4.69, 9.17) is 8.92 Å². The average molecular weight is 591 g/mol. The molecule has 1 heterocycles.